The van der Waals surface area contributed by atoms with Gasteiger partial charge >= 0.3 is 0 Å². The van der Waals surface area contributed by atoms with Crippen LogP contribution in [0.4, 0.5) is 0 Å². The summed E-state index contributed by atoms with van der Waals surface area (Å²) in [5, 5.41) is 10.8. The summed E-state index contributed by atoms with van der Waals surface area (Å²) in [7, 11) is 1.61. The van der Waals surface area contributed by atoms with Gasteiger partial charge in [-0.1, -0.05) is 6.07 Å². The van der Waals surface area contributed by atoms with Gasteiger partial charge in [0.1, 0.15) is 5.75 Å². The van der Waals surface area contributed by atoms with Crippen molar-refractivity contribution in [2.45, 2.75) is 20.4 Å². The highest BCUT2D eigenvalue weighted by molar-refractivity contribution is 5.94. The average Bonchev–Trinajstić information content (AvgIpc) is 3.11. The van der Waals surface area contributed by atoms with E-state index in [0.717, 1.165) is 22.4 Å². The Morgan fingerprint density at radius 1 is 1.08 bits per heavy atom. The molecule has 0 aliphatic rings. The summed E-state index contributed by atoms with van der Waals surface area (Å²) in [6, 6.07) is 12.9. The van der Waals surface area contributed by atoms with Crippen molar-refractivity contribution in [3.8, 4) is 17.2 Å². The molecule has 0 radical (unpaired) electrons. The van der Waals surface area contributed by atoms with Gasteiger partial charge in [0.05, 0.1) is 13.7 Å². The Morgan fingerprint density at radius 3 is 2.52 bits per heavy atom. The molecule has 0 saturated carbocycles. The van der Waals surface area contributed by atoms with Crippen molar-refractivity contribution >= 4 is 5.91 Å². The quantitative estimate of drug-likeness (QED) is 0.773. The molecule has 0 saturated heterocycles. The fraction of sp³-hybridized carbons (Fsp3) is 0.211. The van der Waals surface area contributed by atoms with Crippen molar-refractivity contribution in [3.63, 3.8) is 0 Å². The number of carbonyl (C=O) groups excluding carboxylic acids is 1. The van der Waals surface area contributed by atoms with Crippen molar-refractivity contribution in [1.29, 1.82) is 0 Å². The molecule has 0 aliphatic carbocycles. The van der Waals surface area contributed by atoms with Gasteiger partial charge in [-0.25, -0.2) is 0 Å². The van der Waals surface area contributed by atoms with E-state index in [2.05, 4.69) is 15.5 Å². The minimum absolute atomic E-state index is 0.174. The summed E-state index contributed by atoms with van der Waals surface area (Å²) >= 11 is 0. The molecule has 0 atom stereocenters. The topological polar surface area (TPSA) is 77.3 Å². The van der Waals surface area contributed by atoms with Crippen LogP contribution in [0.3, 0.4) is 0 Å². The summed E-state index contributed by atoms with van der Waals surface area (Å²) in [6.45, 7) is 4.16. The Bertz CT molecular complexity index is 885. The zero-order chi connectivity index (χ0) is 17.8. The highest BCUT2D eigenvalue weighted by atomic mass is 16.5. The van der Waals surface area contributed by atoms with Crippen LogP contribution < -0.4 is 10.1 Å². The van der Waals surface area contributed by atoms with E-state index in [9.17, 15) is 4.79 Å². The van der Waals surface area contributed by atoms with Crippen LogP contribution in [0.5, 0.6) is 5.75 Å². The van der Waals surface area contributed by atoms with E-state index in [-0.39, 0.29) is 12.5 Å². The Hall–Kier alpha value is -3.15. The Balaban J connectivity index is 1.64. The lowest BCUT2D eigenvalue weighted by molar-refractivity contribution is 0.0947. The fourth-order valence-corrected chi connectivity index (χ4v) is 2.32. The van der Waals surface area contributed by atoms with Gasteiger partial charge in [0, 0.05) is 11.1 Å². The van der Waals surface area contributed by atoms with Crippen LogP contribution in [0.2, 0.25) is 0 Å². The molecule has 1 heterocycles. The number of nitrogens with zero attached hydrogens (tertiary/aromatic N) is 2. The van der Waals surface area contributed by atoms with Gasteiger partial charge in [0.25, 0.3) is 5.91 Å². The lowest BCUT2D eigenvalue weighted by Crippen LogP contribution is -2.23. The number of ether oxygens (including phenoxy) is 1. The number of nitrogens with one attached hydrogen (secondary N) is 1. The van der Waals surface area contributed by atoms with Crippen molar-refractivity contribution in [1.82, 2.24) is 15.5 Å². The second-order valence-corrected chi connectivity index (χ2v) is 5.71. The molecule has 25 heavy (non-hydrogen) atoms. The molecule has 6 heteroatoms. The average molecular weight is 337 g/mol. The predicted molar refractivity (Wildman–Crippen MR) is 93.4 cm³/mol. The second kappa shape index (κ2) is 7.17. The molecule has 3 aromatic rings. The van der Waals surface area contributed by atoms with Gasteiger partial charge in [0.15, 0.2) is 0 Å². The number of hydrogen-bond donors (Lipinski definition) is 1. The monoisotopic (exact) mass is 337 g/mol. The zero-order valence-electron chi connectivity index (χ0n) is 14.4. The van der Waals surface area contributed by atoms with Crippen molar-refractivity contribution in [2.24, 2.45) is 0 Å². The number of rotatable bonds is 5. The Morgan fingerprint density at radius 2 is 1.84 bits per heavy atom. The Labute approximate surface area is 145 Å². The first-order chi connectivity index (χ1) is 12.1. The van der Waals surface area contributed by atoms with E-state index >= 15 is 0 Å². The highest BCUT2D eigenvalue weighted by Crippen LogP contribution is 2.21. The third-order valence-electron chi connectivity index (χ3n) is 3.97. The highest BCUT2D eigenvalue weighted by Gasteiger charge is 2.11. The standard InChI is InChI=1S/C19H19N3O3/c1-12-4-5-15(10-13(12)2)18(23)20-11-17-21-22-19(25-17)14-6-8-16(24-3)9-7-14/h4-10H,11H2,1-3H3,(H,20,23). The maximum Gasteiger partial charge on any atom is 0.251 e. The number of benzene rings is 2. The lowest BCUT2D eigenvalue weighted by atomic mass is 10.1. The molecule has 6 nitrogen and oxygen atoms in total. The van der Waals surface area contributed by atoms with Gasteiger partial charge < -0.3 is 14.5 Å². The Kier molecular flexibility index (Phi) is 4.79. The van der Waals surface area contributed by atoms with Crippen molar-refractivity contribution < 1.29 is 13.9 Å². The maximum absolute atomic E-state index is 12.2. The predicted octanol–water partition coefficient (Wildman–Crippen LogP) is 3.29. The van der Waals surface area contributed by atoms with Crippen molar-refractivity contribution in [3.05, 3.63) is 65.0 Å². The first-order valence-electron chi connectivity index (χ1n) is 7.89. The molecular formula is C19H19N3O3. The maximum atomic E-state index is 12.2. The molecule has 2 aromatic carbocycles. The molecule has 0 spiro atoms. The molecule has 3 rings (SSSR count). The van der Waals surface area contributed by atoms with Crippen LogP contribution in [0.15, 0.2) is 46.9 Å². The fourth-order valence-electron chi connectivity index (χ4n) is 2.32. The van der Waals surface area contributed by atoms with Gasteiger partial charge in [-0.2, -0.15) is 0 Å². The lowest BCUT2D eigenvalue weighted by Gasteiger charge is -2.05. The zero-order valence-corrected chi connectivity index (χ0v) is 14.4. The van der Waals surface area contributed by atoms with Gasteiger partial charge in [-0.15, -0.1) is 10.2 Å². The third-order valence-corrected chi connectivity index (χ3v) is 3.97. The minimum atomic E-state index is -0.174. The van der Waals surface area contributed by atoms with E-state index < -0.39 is 0 Å². The van der Waals surface area contributed by atoms with Crippen LogP contribution in [0.1, 0.15) is 27.4 Å². The number of hydrogen-bond acceptors (Lipinski definition) is 5. The van der Waals surface area contributed by atoms with Crippen LogP contribution in [0.25, 0.3) is 11.5 Å². The van der Waals surface area contributed by atoms with Gasteiger partial charge in [-0.3, -0.25) is 4.79 Å². The number of carbonyl (C=O) groups is 1. The van der Waals surface area contributed by atoms with Crippen LogP contribution in [-0.2, 0) is 6.54 Å². The largest absolute Gasteiger partial charge is 0.497 e. The van der Waals surface area contributed by atoms with E-state index in [1.807, 2.05) is 50.2 Å². The van der Waals surface area contributed by atoms with Crippen molar-refractivity contribution in [2.75, 3.05) is 7.11 Å². The van der Waals surface area contributed by atoms with E-state index in [1.165, 1.54) is 0 Å². The minimum Gasteiger partial charge on any atom is -0.497 e. The van der Waals surface area contributed by atoms with Crippen LogP contribution in [-0.4, -0.2) is 23.2 Å². The number of methoxy groups -OCH3 is 1. The molecule has 1 aromatic heterocycles. The molecular weight excluding hydrogens is 318 g/mol. The van der Waals surface area contributed by atoms with Gasteiger partial charge in [-0.05, 0) is 61.4 Å². The summed E-state index contributed by atoms with van der Waals surface area (Å²) in [5.41, 5.74) is 3.63. The third kappa shape index (κ3) is 3.85. The SMILES string of the molecule is COc1ccc(-c2nnc(CNC(=O)c3ccc(C)c(C)c3)o2)cc1. The summed E-state index contributed by atoms with van der Waals surface area (Å²) in [4.78, 5) is 12.2. The van der Waals surface area contributed by atoms with E-state index in [1.54, 1.807) is 13.2 Å². The molecule has 0 unspecified atom stereocenters. The number of amides is 1. The summed E-state index contributed by atoms with van der Waals surface area (Å²) < 4.78 is 10.7. The second-order valence-electron chi connectivity index (χ2n) is 5.71. The number of aryl methyl sites for hydroxylation is 2. The smallest absolute Gasteiger partial charge is 0.251 e. The number of aromatic nitrogens is 2. The van der Waals surface area contributed by atoms with Crippen LogP contribution in [0, 0.1) is 13.8 Å². The van der Waals surface area contributed by atoms with Crippen LogP contribution >= 0.6 is 0 Å². The molecule has 0 aliphatic heterocycles. The molecule has 128 valence electrons. The van der Waals surface area contributed by atoms with Gasteiger partial charge in [0.2, 0.25) is 11.8 Å². The molecule has 1 N–H and O–H groups in total. The molecule has 1 amide bonds. The van der Waals surface area contributed by atoms with E-state index in [0.29, 0.717) is 17.3 Å². The summed E-state index contributed by atoms with van der Waals surface area (Å²) in [6.07, 6.45) is 0. The summed E-state index contributed by atoms with van der Waals surface area (Å²) in [5.74, 6) is 1.33. The van der Waals surface area contributed by atoms with E-state index in [4.69, 9.17) is 9.15 Å². The molecule has 0 bridgehead atoms. The molecule has 0 fully saturated rings. The normalized spacial score (nSPS) is 10.5. The first-order valence-corrected chi connectivity index (χ1v) is 7.89. The first kappa shape index (κ1) is 16.7.